The molecule has 1 aromatic heterocycles. The molecule has 1 rings (SSSR count). The Bertz CT molecular complexity index is 396. The van der Waals surface area contributed by atoms with Crippen LogP contribution in [-0.2, 0) is 4.74 Å². The summed E-state index contributed by atoms with van der Waals surface area (Å²) in [7, 11) is 1.25. The van der Waals surface area contributed by atoms with Crippen LogP contribution in [0.25, 0.3) is 0 Å². The molecular formula is C8H9NO4S. The van der Waals surface area contributed by atoms with E-state index in [0.29, 0.717) is 15.3 Å². The minimum absolute atomic E-state index is 0.00963. The lowest BCUT2D eigenvalue weighted by molar-refractivity contribution is -0.385. The average molecular weight is 215 g/mol. The van der Waals surface area contributed by atoms with Crippen molar-refractivity contribution in [1.29, 1.82) is 0 Å². The van der Waals surface area contributed by atoms with Crippen molar-refractivity contribution in [3.05, 3.63) is 25.4 Å². The molecule has 0 unspecified atom stereocenters. The Labute approximate surface area is 84.5 Å². The highest BCUT2D eigenvalue weighted by Gasteiger charge is 2.25. The van der Waals surface area contributed by atoms with Crippen LogP contribution in [0.15, 0.2) is 0 Å². The third-order valence-electron chi connectivity index (χ3n) is 1.84. The Morgan fingerprint density at radius 2 is 2.07 bits per heavy atom. The second-order valence-corrected chi connectivity index (χ2v) is 3.93. The van der Waals surface area contributed by atoms with Gasteiger partial charge in [0.15, 0.2) is 0 Å². The lowest BCUT2D eigenvalue weighted by atomic mass is 10.2. The van der Waals surface area contributed by atoms with Crippen LogP contribution in [0, 0.1) is 24.0 Å². The lowest BCUT2D eigenvalue weighted by Gasteiger charge is -1.94. The van der Waals surface area contributed by atoms with Crippen LogP contribution in [0.5, 0.6) is 0 Å². The number of rotatable bonds is 2. The molecule has 0 bridgehead atoms. The Morgan fingerprint density at radius 3 is 2.43 bits per heavy atom. The number of aryl methyl sites for hydroxylation is 1. The van der Waals surface area contributed by atoms with Crippen LogP contribution in [0.4, 0.5) is 5.69 Å². The van der Waals surface area contributed by atoms with Gasteiger partial charge in [-0.1, -0.05) is 0 Å². The van der Waals surface area contributed by atoms with Crippen molar-refractivity contribution in [2.75, 3.05) is 7.11 Å². The number of carbonyl (C=O) groups is 1. The number of ether oxygens (including phenoxy) is 1. The number of hydrogen-bond acceptors (Lipinski definition) is 5. The minimum atomic E-state index is -0.524. The van der Waals surface area contributed by atoms with E-state index in [2.05, 4.69) is 4.74 Å². The Balaban J connectivity index is 3.30. The first kappa shape index (κ1) is 10.6. The number of methoxy groups -OCH3 is 1. The largest absolute Gasteiger partial charge is 0.465 e. The van der Waals surface area contributed by atoms with Crippen molar-refractivity contribution in [3.8, 4) is 0 Å². The molecule has 0 saturated carbocycles. The molecule has 0 amide bonds. The second kappa shape index (κ2) is 3.75. The van der Waals surface area contributed by atoms with Gasteiger partial charge in [-0.2, -0.15) is 0 Å². The number of hydrogen-bond donors (Lipinski definition) is 0. The number of nitrogens with zero attached hydrogens (tertiary/aromatic N) is 1. The standard InChI is InChI=1S/C8H9NO4S/c1-4-6(9(11)12)5(2)14-7(4)8(10)13-3/h1-3H3. The van der Waals surface area contributed by atoms with Crippen molar-refractivity contribution >= 4 is 23.0 Å². The first-order valence-corrected chi connectivity index (χ1v) is 4.63. The summed E-state index contributed by atoms with van der Waals surface area (Å²) >= 11 is 1.09. The van der Waals surface area contributed by atoms with E-state index in [1.165, 1.54) is 7.11 Å². The van der Waals surface area contributed by atoms with Gasteiger partial charge in [0.05, 0.1) is 22.5 Å². The highest BCUT2D eigenvalue weighted by Crippen LogP contribution is 2.33. The van der Waals surface area contributed by atoms with E-state index in [9.17, 15) is 14.9 Å². The smallest absolute Gasteiger partial charge is 0.348 e. The lowest BCUT2D eigenvalue weighted by Crippen LogP contribution is -2.00. The van der Waals surface area contributed by atoms with Gasteiger partial charge in [-0.25, -0.2) is 4.79 Å². The summed E-state index contributed by atoms with van der Waals surface area (Å²) in [5.41, 5.74) is 0.389. The highest BCUT2D eigenvalue weighted by molar-refractivity contribution is 7.14. The predicted octanol–water partition coefficient (Wildman–Crippen LogP) is 2.06. The minimum Gasteiger partial charge on any atom is -0.465 e. The number of carbonyl (C=O) groups excluding carboxylic acids is 1. The van der Waals surface area contributed by atoms with Crippen molar-refractivity contribution in [2.24, 2.45) is 0 Å². The van der Waals surface area contributed by atoms with E-state index in [-0.39, 0.29) is 5.69 Å². The number of thiophene rings is 1. The summed E-state index contributed by atoms with van der Waals surface area (Å²) in [5, 5.41) is 10.6. The molecule has 5 nitrogen and oxygen atoms in total. The van der Waals surface area contributed by atoms with E-state index >= 15 is 0 Å². The van der Waals surface area contributed by atoms with Crippen molar-refractivity contribution in [1.82, 2.24) is 0 Å². The highest BCUT2D eigenvalue weighted by atomic mass is 32.1. The van der Waals surface area contributed by atoms with Crippen molar-refractivity contribution < 1.29 is 14.5 Å². The molecule has 0 spiro atoms. The van der Waals surface area contributed by atoms with E-state index in [4.69, 9.17) is 0 Å². The van der Waals surface area contributed by atoms with Gasteiger partial charge in [-0.15, -0.1) is 11.3 Å². The molecule has 0 aromatic carbocycles. The first-order valence-electron chi connectivity index (χ1n) is 3.81. The van der Waals surface area contributed by atoms with E-state index in [1.807, 2.05) is 0 Å². The fraction of sp³-hybridized carbons (Fsp3) is 0.375. The van der Waals surface area contributed by atoms with E-state index in [0.717, 1.165) is 11.3 Å². The average Bonchev–Trinajstić information content (AvgIpc) is 2.40. The Hall–Kier alpha value is -1.43. The molecule has 0 aliphatic heterocycles. The monoisotopic (exact) mass is 215 g/mol. The van der Waals surface area contributed by atoms with E-state index < -0.39 is 10.9 Å². The molecule has 14 heavy (non-hydrogen) atoms. The zero-order valence-electron chi connectivity index (χ0n) is 7.99. The molecule has 1 heterocycles. The third-order valence-corrected chi connectivity index (χ3v) is 3.01. The second-order valence-electron chi connectivity index (χ2n) is 2.71. The summed E-state index contributed by atoms with van der Waals surface area (Å²) in [4.78, 5) is 22.2. The summed E-state index contributed by atoms with van der Waals surface area (Å²) in [6.07, 6.45) is 0. The molecule has 0 atom stereocenters. The molecule has 0 N–H and O–H groups in total. The van der Waals surface area contributed by atoms with Gasteiger partial charge < -0.3 is 4.74 Å². The zero-order chi connectivity index (χ0) is 10.9. The molecule has 6 heteroatoms. The van der Waals surface area contributed by atoms with Gasteiger partial charge in [-0.05, 0) is 13.8 Å². The van der Waals surface area contributed by atoms with Crippen LogP contribution >= 0.6 is 11.3 Å². The summed E-state index contributed by atoms with van der Waals surface area (Å²) in [5.74, 6) is -0.524. The fourth-order valence-corrected chi connectivity index (χ4v) is 2.25. The van der Waals surface area contributed by atoms with Gasteiger partial charge in [-0.3, -0.25) is 10.1 Å². The van der Waals surface area contributed by atoms with Gasteiger partial charge in [0.25, 0.3) is 5.69 Å². The fourth-order valence-electron chi connectivity index (χ4n) is 1.20. The molecular weight excluding hydrogens is 206 g/mol. The zero-order valence-corrected chi connectivity index (χ0v) is 8.80. The van der Waals surface area contributed by atoms with Crippen molar-refractivity contribution in [2.45, 2.75) is 13.8 Å². The van der Waals surface area contributed by atoms with E-state index in [1.54, 1.807) is 13.8 Å². The Kier molecular flexibility index (Phi) is 2.85. The molecule has 0 aliphatic carbocycles. The van der Waals surface area contributed by atoms with Crippen LogP contribution in [0.2, 0.25) is 0 Å². The Morgan fingerprint density at radius 1 is 1.50 bits per heavy atom. The molecule has 0 saturated heterocycles. The quantitative estimate of drug-likeness (QED) is 0.430. The maximum Gasteiger partial charge on any atom is 0.348 e. The van der Waals surface area contributed by atoms with Crippen molar-refractivity contribution in [3.63, 3.8) is 0 Å². The third kappa shape index (κ3) is 1.60. The normalized spacial score (nSPS) is 9.93. The number of esters is 1. The topological polar surface area (TPSA) is 69.4 Å². The summed E-state index contributed by atoms with van der Waals surface area (Å²) in [6, 6.07) is 0. The van der Waals surface area contributed by atoms with Gasteiger partial charge in [0, 0.05) is 0 Å². The summed E-state index contributed by atoms with van der Waals surface area (Å²) in [6.45, 7) is 3.16. The van der Waals surface area contributed by atoms with Crippen LogP contribution in [-0.4, -0.2) is 18.0 Å². The SMILES string of the molecule is COC(=O)c1sc(C)c([N+](=O)[O-])c1C. The maximum atomic E-state index is 11.2. The van der Waals surface area contributed by atoms with Crippen LogP contribution < -0.4 is 0 Å². The predicted molar refractivity (Wildman–Crippen MR) is 51.8 cm³/mol. The van der Waals surface area contributed by atoms with Crippen LogP contribution in [0.1, 0.15) is 20.1 Å². The molecule has 1 aromatic rings. The van der Waals surface area contributed by atoms with Gasteiger partial charge in [0.2, 0.25) is 0 Å². The first-order chi connectivity index (χ1) is 6.49. The molecule has 0 fully saturated rings. The van der Waals surface area contributed by atoms with Gasteiger partial charge >= 0.3 is 5.97 Å². The van der Waals surface area contributed by atoms with Crippen LogP contribution in [0.3, 0.4) is 0 Å². The number of nitro groups is 1. The summed E-state index contributed by atoms with van der Waals surface area (Å²) < 4.78 is 4.51. The van der Waals surface area contributed by atoms with Gasteiger partial charge in [0.1, 0.15) is 4.88 Å². The molecule has 0 radical (unpaired) electrons. The maximum absolute atomic E-state index is 11.2. The molecule has 76 valence electrons. The molecule has 0 aliphatic rings.